The first-order valence-corrected chi connectivity index (χ1v) is 2.36. The molecule has 1 aliphatic carbocycles. The third-order valence-electron chi connectivity index (χ3n) is 1.55. The van der Waals surface area contributed by atoms with Crippen LogP contribution < -0.4 is 0 Å². The van der Waals surface area contributed by atoms with Crippen molar-refractivity contribution in [1.82, 2.24) is 0 Å². The van der Waals surface area contributed by atoms with E-state index in [0.717, 1.165) is 0 Å². The van der Waals surface area contributed by atoms with Gasteiger partial charge in [0, 0.05) is 0 Å². The lowest BCUT2D eigenvalue weighted by atomic mass is 10.4. The van der Waals surface area contributed by atoms with Crippen molar-refractivity contribution in [3.05, 3.63) is 0 Å². The molecule has 0 aromatic heterocycles. The van der Waals surface area contributed by atoms with E-state index >= 15 is 0 Å². The second kappa shape index (κ2) is 1.44. The molecule has 1 N–H and O–H groups in total. The molecule has 60 valence electrons. The average molecular weight is 162 g/mol. The minimum absolute atomic E-state index is 1.85. The number of aliphatic hydroxyl groups is 1. The van der Waals surface area contributed by atoms with Gasteiger partial charge in [0.25, 0.3) is 5.67 Å². The molecule has 1 saturated carbocycles. The maximum Gasteiger partial charge on any atom is 0.355 e. The highest BCUT2D eigenvalue weighted by Crippen LogP contribution is 2.67. The molecule has 0 spiro atoms. The first kappa shape index (κ1) is 7.71. The predicted molar refractivity (Wildman–Crippen MR) is 20.8 cm³/mol. The lowest BCUT2D eigenvalue weighted by Gasteiger charge is -1.95. The van der Waals surface area contributed by atoms with Crippen molar-refractivity contribution in [3.63, 3.8) is 0 Å². The lowest BCUT2D eigenvalue weighted by Crippen LogP contribution is -2.18. The quantitative estimate of drug-likeness (QED) is 0.569. The lowest BCUT2D eigenvalue weighted by molar-refractivity contribution is -0.0278. The van der Waals surface area contributed by atoms with Crippen LogP contribution in [0.5, 0.6) is 0 Å². The highest BCUT2D eigenvalue weighted by Gasteiger charge is 2.98. The summed E-state index contributed by atoms with van der Waals surface area (Å²) in [5.74, 6) is -9.40. The Morgan fingerprint density at radius 3 is 1.20 bits per heavy atom. The fraction of sp³-hybridized carbons (Fsp3) is 1.00. The highest BCUT2D eigenvalue weighted by atomic mass is 19.3. The van der Waals surface area contributed by atoms with Gasteiger partial charge in [-0.15, -0.1) is 0 Å². The third-order valence-corrected chi connectivity index (χ3v) is 1.55. The van der Waals surface area contributed by atoms with Crippen molar-refractivity contribution in [3.8, 4) is 0 Å². The number of rotatable bonds is 1. The van der Waals surface area contributed by atoms with Crippen LogP contribution in [-0.2, 0) is 0 Å². The van der Waals surface area contributed by atoms with E-state index in [-0.39, 0.29) is 0 Å². The molecular formula is C4H3F5O. The van der Waals surface area contributed by atoms with Crippen LogP contribution in [0.25, 0.3) is 0 Å². The molecular weight excluding hydrogens is 159 g/mol. The van der Waals surface area contributed by atoms with E-state index in [1.54, 1.807) is 0 Å². The molecule has 0 saturated heterocycles. The Labute approximate surface area is 52.5 Å². The molecule has 0 heterocycles. The molecule has 0 aliphatic heterocycles. The van der Waals surface area contributed by atoms with Crippen molar-refractivity contribution in [2.75, 3.05) is 6.61 Å². The molecule has 0 atom stereocenters. The molecule has 10 heavy (non-hydrogen) atoms. The van der Waals surface area contributed by atoms with Gasteiger partial charge in [0.1, 0.15) is 0 Å². The zero-order valence-corrected chi connectivity index (χ0v) is 4.54. The topological polar surface area (TPSA) is 20.2 Å². The van der Waals surface area contributed by atoms with E-state index in [9.17, 15) is 22.0 Å². The van der Waals surface area contributed by atoms with Crippen LogP contribution >= 0.6 is 0 Å². The molecule has 0 amide bonds. The van der Waals surface area contributed by atoms with Crippen LogP contribution in [0, 0.1) is 0 Å². The maximum absolute atomic E-state index is 12.0. The standard InChI is InChI=1S/C4H3F5O/c5-2(1-10)3(6,7)4(2,8)9/h10H,1H2. The molecule has 0 radical (unpaired) electrons. The normalized spacial score (nSPS) is 31.8. The number of alkyl halides is 5. The minimum atomic E-state index is -4.70. The number of halogens is 5. The predicted octanol–water partition coefficient (Wildman–Crippen LogP) is 0.971. The molecule has 1 rings (SSSR count). The summed E-state index contributed by atoms with van der Waals surface area (Å²) in [5.41, 5.74) is -4.03. The Balaban J connectivity index is 2.90. The first-order chi connectivity index (χ1) is 4.31. The summed E-state index contributed by atoms with van der Waals surface area (Å²) in [6, 6.07) is 0. The second-order valence-corrected chi connectivity index (χ2v) is 2.11. The van der Waals surface area contributed by atoms with Gasteiger partial charge in [-0.2, -0.15) is 17.6 Å². The number of hydrogen-bond acceptors (Lipinski definition) is 1. The fourth-order valence-electron chi connectivity index (χ4n) is 0.637. The van der Waals surface area contributed by atoms with E-state index in [1.807, 2.05) is 0 Å². The Morgan fingerprint density at radius 2 is 1.20 bits per heavy atom. The van der Waals surface area contributed by atoms with Crippen LogP contribution in [0.15, 0.2) is 0 Å². The van der Waals surface area contributed by atoms with Crippen LogP contribution in [0.2, 0.25) is 0 Å². The summed E-state index contributed by atoms with van der Waals surface area (Å²) in [7, 11) is 0. The van der Waals surface area contributed by atoms with Gasteiger partial charge in [-0.1, -0.05) is 0 Å². The Bertz CT molecular complexity index is 151. The Hall–Kier alpha value is -0.390. The summed E-state index contributed by atoms with van der Waals surface area (Å²) < 4.78 is 58.7. The first-order valence-electron chi connectivity index (χ1n) is 2.36. The number of hydrogen-bond donors (Lipinski definition) is 1. The van der Waals surface area contributed by atoms with E-state index in [1.165, 1.54) is 0 Å². The zero-order valence-electron chi connectivity index (χ0n) is 4.54. The van der Waals surface area contributed by atoms with Crippen molar-refractivity contribution < 1.29 is 27.1 Å². The summed E-state index contributed by atoms with van der Waals surface area (Å²) >= 11 is 0. The van der Waals surface area contributed by atoms with E-state index < -0.39 is 24.1 Å². The number of aliphatic hydroxyl groups excluding tert-OH is 1. The van der Waals surface area contributed by atoms with Crippen LogP contribution in [0.3, 0.4) is 0 Å². The van der Waals surface area contributed by atoms with Crippen molar-refractivity contribution in [2.45, 2.75) is 17.5 Å². The average Bonchev–Trinajstić information content (AvgIpc) is 2.11. The van der Waals surface area contributed by atoms with Gasteiger partial charge >= 0.3 is 11.8 Å². The summed E-state index contributed by atoms with van der Waals surface area (Å²) in [4.78, 5) is 0. The van der Waals surface area contributed by atoms with Crippen LogP contribution in [0.1, 0.15) is 0 Å². The van der Waals surface area contributed by atoms with Gasteiger partial charge in [0.05, 0.1) is 6.61 Å². The van der Waals surface area contributed by atoms with Crippen molar-refractivity contribution in [2.24, 2.45) is 0 Å². The Morgan fingerprint density at radius 1 is 0.900 bits per heavy atom. The molecule has 0 bridgehead atoms. The SMILES string of the molecule is OCC1(F)C(F)(F)C1(F)F. The maximum atomic E-state index is 12.0. The van der Waals surface area contributed by atoms with Gasteiger partial charge in [0.15, 0.2) is 0 Å². The highest BCUT2D eigenvalue weighted by molar-refractivity contribution is 5.28. The Kier molecular flexibility index (Phi) is 1.11. The summed E-state index contributed by atoms with van der Waals surface area (Å²) in [6.45, 7) is -1.85. The van der Waals surface area contributed by atoms with Crippen LogP contribution in [0.4, 0.5) is 22.0 Å². The zero-order chi connectivity index (χ0) is 8.21. The van der Waals surface area contributed by atoms with Gasteiger partial charge in [0.2, 0.25) is 0 Å². The van der Waals surface area contributed by atoms with Gasteiger partial charge in [-0.3, -0.25) is 0 Å². The van der Waals surface area contributed by atoms with E-state index in [2.05, 4.69) is 0 Å². The molecule has 1 fully saturated rings. The molecule has 1 nitrogen and oxygen atoms in total. The molecule has 1 aliphatic rings. The minimum Gasteiger partial charge on any atom is -0.393 e. The summed E-state index contributed by atoms with van der Waals surface area (Å²) in [5, 5.41) is 7.80. The van der Waals surface area contributed by atoms with E-state index in [0.29, 0.717) is 0 Å². The van der Waals surface area contributed by atoms with Gasteiger partial charge in [-0.25, -0.2) is 4.39 Å². The van der Waals surface area contributed by atoms with Crippen LogP contribution in [-0.4, -0.2) is 29.2 Å². The van der Waals surface area contributed by atoms with E-state index in [4.69, 9.17) is 5.11 Å². The molecule has 0 aromatic carbocycles. The van der Waals surface area contributed by atoms with Crippen molar-refractivity contribution in [1.29, 1.82) is 0 Å². The molecule has 0 unspecified atom stereocenters. The monoisotopic (exact) mass is 162 g/mol. The molecule has 6 heteroatoms. The summed E-state index contributed by atoms with van der Waals surface area (Å²) in [6.07, 6.45) is 0. The van der Waals surface area contributed by atoms with Gasteiger partial charge in [-0.05, 0) is 0 Å². The second-order valence-electron chi connectivity index (χ2n) is 2.11. The third kappa shape index (κ3) is 0.436. The van der Waals surface area contributed by atoms with Crippen molar-refractivity contribution >= 4 is 0 Å². The van der Waals surface area contributed by atoms with Gasteiger partial charge < -0.3 is 5.11 Å². The fourth-order valence-corrected chi connectivity index (χ4v) is 0.637. The largest absolute Gasteiger partial charge is 0.393 e. The molecule has 0 aromatic rings. The smallest absolute Gasteiger partial charge is 0.355 e.